The SMILES string of the molecule is COc1ccc(CNC(=O)NC2CCN(CC(C)C)CC2)cc1. The second-order valence-electron chi connectivity index (χ2n) is 6.64. The lowest BCUT2D eigenvalue weighted by atomic mass is 10.0. The second kappa shape index (κ2) is 8.77. The molecule has 1 heterocycles. The van der Waals surface area contributed by atoms with Crippen molar-refractivity contribution in [2.45, 2.75) is 39.3 Å². The van der Waals surface area contributed by atoms with E-state index in [-0.39, 0.29) is 12.1 Å². The van der Waals surface area contributed by atoms with Gasteiger partial charge in [-0.2, -0.15) is 0 Å². The molecule has 128 valence electrons. The minimum atomic E-state index is -0.0804. The molecule has 2 rings (SSSR count). The zero-order chi connectivity index (χ0) is 16.7. The number of nitrogens with one attached hydrogen (secondary N) is 2. The molecule has 5 nitrogen and oxygen atoms in total. The highest BCUT2D eigenvalue weighted by Crippen LogP contribution is 2.13. The van der Waals surface area contributed by atoms with Gasteiger partial charge in [-0.15, -0.1) is 0 Å². The summed E-state index contributed by atoms with van der Waals surface area (Å²) in [5, 5.41) is 6.01. The van der Waals surface area contributed by atoms with Gasteiger partial charge in [-0.3, -0.25) is 0 Å². The lowest BCUT2D eigenvalue weighted by Gasteiger charge is -2.33. The Balaban J connectivity index is 1.67. The van der Waals surface area contributed by atoms with Gasteiger partial charge in [-0.25, -0.2) is 4.79 Å². The van der Waals surface area contributed by atoms with Crippen molar-refractivity contribution in [1.82, 2.24) is 15.5 Å². The third kappa shape index (κ3) is 6.10. The molecule has 1 aliphatic rings. The lowest BCUT2D eigenvalue weighted by Crippen LogP contribution is -2.48. The minimum Gasteiger partial charge on any atom is -0.497 e. The standard InChI is InChI=1S/C18H29N3O2/c1-14(2)13-21-10-8-16(9-11-21)20-18(22)19-12-15-4-6-17(23-3)7-5-15/h4-7,14,16H,8-13H2,1-3H3,(H2,19,20,22). The van der Waals surface area contributed by atoms with Gasteiger partial charge >= 0.3 is 6.03 Å². The molecule has 1 fully saturated rings. The summed E-state index contributed by atoms with van der Waals surface area (Å²) in [5.41, 5.74) is 1.06. The van der Waals surface area contributed by atoms with Crippen molar-refractivity contribution < 1.29 is 9.53 Å². The van der Waals surface area contributed by atoms with Gasteiger partial charge in [0.2, 0.25) is 0 Å². The number of ether oxygens (including phenoxy) is 1. The van der Waals surface area contributed by atoms with Crippen LogP contribution in [-0.4, -0.2) is 43.7 Å². The Morgan fingerprint density at radius 1 is 1.26 bits per heavy atom. The molecule has 0 atom stereocenters. The molecule has 1 aliphatic heterocycles. The van der Waals surface area contributed by atoms with Gasteiger partial charge in [0.25, 0.3) is 0 Å². The van der Waals surface area contributed by atoms with Crippen molar-refractivity contribution >= 4 is 6.03 Å². The molecule has 1 saturated heterocycles. The monoisotopic (exact) mass is 319 g/mol. The third-order valence-electron chi connectivity index (χ3n) is 4.16. The Labute approximate surface area is 139 Å². The first-order valence-corrected chi connectivity index (χ1v) is 8.46. The van der Waals surface area contributed by atoms with Crippen LogP contribution >= 0.6 is 0 Å². The first-order valence-electron chi connectivity index (χ1n) is 8.46. The molecular weight excluding hydrogens is 290 g/mol. The summed E-state index contributed by atoms with van der Waals surface area (Å²) >= 11 is 0. The molecular formula is C18H29N3O2. The Hall–Kier alpha value is -1.75. The molecule has 0 radical (unpaired) electrons. The van der Waals surface area contributed by atoms with Gasteiger partial charge in [0, 0.05) is 32.2 Å². The summed E-state index contributed by atoms with van der Waals surface area (Å²) in [6, 6.07) is 7.93. The maximum absolute atomic E-state index is 12.0. The first-order chi connectivity index (χ1) is 11.1. The molecule has 23 heavy (non-hydrogen) atoms. The number of carbonyl (C=O) groups is 1. The first kappa shape index (κ1) is 17.6. The van der Waals surface area contributed by atoms with Crippen LogP contribution < -0.4 is 15.4 Å². The van der Waals surface area contributed by atoms with Crippen molar-refractivity contribution in [2.24, 2.45) is 5.92 Å². The van der Waals surface area contributed by atoms with E-state index >= 15 is 0 Å². The van der Waals surface area contributed by atoms with Crippen molar-refractivity contribution in [3.05, 3.63) is 29.8 Å². The van der Waals surface area contributed by atoms with E-state index in [0.29, 0.717) is 12.5 Å². The molecule has 0 aromatic heterocycles. The van der Waals surface area contributed by atoms with Crippen LogP contribution in [0.4, 0.5) is 4.79 Å². The number of hydrogen-bond acceptors (Lipinski definition) is 3. The Kier molecular flexibility index (Phi) is 6.71. The fourth-order valence-corrected chi connectivity index (χ4v) is 2.94. The molecule has 2 N–H and O–H groups in total. The second-order valence-corrected chi connectivity index (χ2v) is 6.64. The van der Waals surface area contributed by atoms with E-state index in [1.54, 1.807) is 7.11 Å². The lowest BCUT2D eigenvalue weighted by molar-refractivity contribution is 0.178. The average Bonchev–Trinajstić information content (AvgIpc) is 2.55. The normalized spacial score (nSPS) is 16.3. The van der Waals surface area contributed by atoms with E-state index in [0.717, 1.165) is 43.8 Å². The predicted octanol–water partition coefficient (Wildman–Crippen LogP) is 2.61. The van der Waals surface area contributed by atoms with Crippen LogP contribution in [0.5, 0.6) is 5.75 Å². The predicted molar refractivity (Wildman–Crippen MR) is 92.7 cm³/mol. The van der Waals surface area contributed by atoms with Crippen molar-refractivity contribution in [3.63, 3.8) is 0 Å². The number of carbonyl (C=O) groups excluding carboxylic acids is 1. The summed E-state index contributed by atoms with van der Waals surface area (Å²) in [7, 11) is 1.65. The van der Waals surface area contributed by atoms with Crippen LogP contribution in [-0.2, 0) is 6.54 Å². The maximum Gasteiger partial charge on any atom is 0.315 e. The van der Waals surface area contributed by atoms with Crippen molar-refractivity contribution in [2.75, 3.05) is 26.7 Å². The molecule has 1 aromatic carbocycles. The number of nitrogens with zero attached hydrogens (tertiary/aromatic N) is 1. The van der Waals surface area contributed by atoms with Gasteiger partial charge in [-0.05, 0) is 36.5 Å². The largest absolute Gasteiger partial charge is 0.497 e. The number of likely N-dealkylation sites (tertiary alicyclic amines) is 1. The van der Waals surface area contributed by atoms with Gasteiger partial charge < -0.3 is 20.3 Å². The van der Waals surface area contributed by atoms with Crippen LogP contribution in [0, 0.1) is 5.92 Å². The summed E-state index contributed by atoms with van der Waals surface area (Å²) in [5.74, 6) is 1.53. The number of urea groups is 1. The summed E-state index contributed by atoms with van der Waals surface area (Å²) in [6.07, 6.45) is 2.06. The fourth-order valence-electron chi connectivity index (χ4n) is 2.94. The quantitative estimate of drug-likeness (QED) is 0.847. The molecule has 0 saturated carbocycles. The van der Waals surface area contributed by atoms with Crippen LogP contribution in [0.15, 0.2) is 24.3 Å². The van der Waals surface area contributed by atoms with Crippen LogP contribution in [0.25, 0.3) is 0 Å². The number of methoxy groups -OCH3 is 1. The van der Waals surface area contributed by atoms with Gasteiger partial charge in [-0.1, -0.05) is 26.0 Å². The van der Waals surface area contributed by atoms with Crippen molar-refractivity contribution in [3.8, 4) is 5.75 Å². The highest BCUT2D eigenvalue weighted by Gasteiger charge is 2.20. The molecule has 2 amide bonds. The van der Waals surface area contributed by atoms with Gasteiger partial charge in [0.05, 0.1) is 7.11 Å². The minimum absolute atomic E-state index is 0.0804. The number of piperidine rings is 1. The van der Waals surface area contributed by atoms with E-state index in [9.17, 15) is 4.79 Å². The van der Waals surface area contributed by atoms with Gasteiger partial charge in [0.1, 0.15) is 5.75 Å². The zero-order valence-corrected chi connectivity index (χ0v) is 14.5. The number of rotatable bonds is 6. The topological polar surface area (TPSA) is 53.6 Å². The Bertz CT molecular complexity index is 480. The maximum atomic E-state index is 12.0. The number of benzene rings is 1. The Morgan fingerprint density at radius 2 is 1.91 bits per heavy atom. The van der Waals surface area contributed by atoms with E-state index in [1.807, 2.05) is 24.3 Å². The van der Waals surface area contributed by atoms with Crippen LogP contribution in [0.3, 0.4) is 0 Å². The van der Waals surface area contributed by atoms with E-state index in [2.05, 4.69) is 29.4 Å². The smallest absolute Gasteiger partial charge is 0.315 e. The van der Waals surface area contributed by atoms with Crippen LogP contribution in [0.1, 0.15) is 32.3 Å². The molecule has 0 aliphatic carbocycles. The molecule has 0 unspecified atom stereocenters. The van der Waals surface area contributed by atoms with E-state index in [4.69, 9.17) is 4.74 Å². The number of hydrogen-bond donors (Lipinski definition) is 2. The van der Waals surface area contributed by atoms with Crippen molar-refractivity contribution in [1.29, 1.82) is 0 Å². The highest BCUT2D eigenvalue weighted by molar-refractivity contribution is 5.74. The molecule has 0 bridgehead atoms. The molecule has 5 heteroatoms. The highest BCUT2D eigenvalue weighted by atomic mass is 16.5. The fraction of sp³-hybridized carbons (Fsp3) is 0.611. The van der Waals surface area contributed by atoms with Gasteiger partial charge in [0.15, 0.2) is 0 Å². The average molecular weight is 319 g/mol. The Morgan fingerprint density at radius 3 is 2.48 bits per heavy atom. The summed E-state index contributed by atoms with van der Waals surface area (Å²) in [4.78, 5) is 14.5. The summed E-state index contributed by atoms with van der Waals surface area (Å²) in [6.45, 7) is 8.32. The van der Waals surface area contributed by atoms with E-state index in [1.165, 1.54) is 0 Å². The molecule has 1 aromatic rings. The number of amides is 2. The third-order valence-corrected chi connectivity index (χ3v) is 4.16. The van der Waals surface area contributed by atoms with Crippen LogP contribution in [0.2, 0.25) is 0 Å². The molecule has 0 spiro atoms. The van der Waals surface area contributed by atoms with E-state index < -0.39 is 0 Å². The summed E-state index contributed by atoms with van der Waals surface area (Å²) < 4.78 is 5.12. The zero-order valence-electron chi connectivity index (χ0n) is 14.5.